The fourth-order valence-electron chi connectivity index (χ4n) is 4.62. The number of aromatic nitrogens is 4. The van der Waals surface area contributed by atoms with E-state index < -0.39 is 5.82 Å². The van der Waals surface area contributed by atoms with Crippen molar-refractivity contribution in [2.45, 2.75) is 32.6 Å². The van der Waals surface area contributed by atoms with Gasteiger partial charge in [0.15, 0.2) is 5.65 Å². The number of para-hydroxylation sites is 1. The van der Waals surface area contributed by atoms with E-state index in [0.717, 1.165) is 41.2 Å². The number of rotatable bonds is 6. The molecule has 1 atom stereocenters. The van der Waals surface area contributed by atoms with Crippen LogP contribution in [0.2, 0.25) is 0 Å². The first kappa shape index (κ1) is 23.0. The van der Waals surface area contributed by atoms with Crippen LogP contribution in [0.15, 0.2) is 60.8 Å². The molecule has 7 nitrogen and oxygen atoms in total. The summed E-state index contributed by atoms with van der Waals surface area (Å²) in [5, 5.41) is 5.54. The highest BCUT2D eigenvalue weighted by Crippen LogP contribution is 2.30. The first-order valence-corrected chi connectivity index (χ1v) is 12.2. The van der Waals surface area contributed by atoms with Crippen LogP contribution in [0.25, 0.3) is 16.7 Å². The molecule has 180 valence electrons. The van der Waals surface area contributed by atoms with Crippen LogP contribution >= 0.6 is 0 Å². The lowest BCUT2D eigenvalue weighted by atomic mass is 10.1. The third kappa shape index (κ3) is 4.60. The molecule has 4 aromatic rings. The number of carbonyl (C=O) groups is 1. The Labute approximate surface area is 204 Å². The normalized spacial score (nSPS) is 14.9. The largest absolute Gasteiger partial charge is 0.352 e. The molecular formula is C27H29FN6O. The van der Waals surface area contributed by atoms with Crippen molar-refractivity contribution in [3.63, 3.8) is 0 Å². The average molecular weight is 473 g/mol. The summed E-state index contributed by atoms with van der Waals surface area (Å²) in [5.41, 5.74) is 2.12. The van der Waals surface area contributed by atoms with Gasteiger partial charge >= 0.3 is 0 Å². The molecule has 1 aliphatic heterocycles. The third-order valence-corrected chi connectivity index (χ3v) is 6.53. The lowest BCUT2D eigenvalue weighted by molar-refractivity contribution is 0.0746. The number of amides is 1. The Morgan fingerprint density at radius 2 is 1.80 bits per heavy atom. The Morgan fingerprint density at radius 3 is 2.51 bits per heavy atom. The Hall–Kier alpha value is -3.81. The number of hydrogen-bond acceptors (Lipinski definition) is 5. The topological polar surface area (TPSA) is 67.2 Å². The van der Waals surface area contributed by atoms with Crippen LogP contribution in [0, 0.1) is 5.82 Å². The molecule has 5 rings (SSSR count). The van der Waals surface area contributed by atoms with Crippen LogP contribution in [0.4, 0.5) is 10.2 Å². The minimum atomic E-state index is -0.401. The van der Waals surface area contributed by atoms with E-state index in [4.69, 9.17) is 9.97 Å². The number of halogens is 1. The zero-order valence-electron chi connectivity index (χ0n) is 20.1. The molecule has 3 heterocycles. The van der Waals surface area contributed by atoms with Crippen molar-refractivity contribution in [3.05, 3.63) is 78.0 Å². The van der Waals surface area contributed by atoms with Gasteiger partial charge in [0.25, 0.3) is 5.91 Å². The van der Waals surface area contributed by atoms with Crippen LogP contribution in [0.5, 0.6) is 0 Å². The number of fused-ring (bicyclic) bond motifs is 1. The highest BCUT2D eigenvalue weighted by atomic mass is 19.1. The maximum Gasteiger partial charge on any atom is 0.254 e. The number of hydrogen-bond donors (Lipinski definition) is 0. The van der Waals surface area contributed by atoms with Crippen molar-refractivity contribution in [3.8, 4) is 5.69 Å². The van der Waals surface area contributed by atoms with E-state index in [0.29, 0.717) is 31.7 Å². The molecule has 0 radical (unpaired) electrons. The summed E-state index contributed by atoms with van der Waals surface area (Å²) in [7, 11) is 0. The van der Waals surface area contributed by atoms with Crippen LogP contribution in [-0.4, -0.2) is 56.7 Å². The van der Waals surface area contributed by atoms with E-state index in [9.17, 15) is 9.18 Å². The van der Waals surface area contributed by atoms with E-state index in [-0.39, 0.29) is 11.8 Å². The second-order valence-corrected chi connectivity index (χ2v) is 9.01. The summed E-state index contributed by atoms with van der Waals surface area (Å²) < 4.78 is 15.5. The molecule has 0 N–H and O–H groups in total. The SMILES string of the molecule is CCCC(C)c1nc(N2CCN(C(=O)c3cccc(F)c3)CC2)c2cnn(-c3ccccc3)c2n1. The molecule has 1 unspecified atom stereocenters. The van der Waals surface area contributed by atoms with E-state index in [2.05, 4.69) is 23.8 Å². The highest BCUT2D eigenvalue weighted by Gasteiger charge is 2.26. The summed E-state index contributed by atoms with van der Waals surface area (Å²) >= 11 is 0. The lowest BCUT2D eigenvalue weighted by Gasteiger charge is -2.36. The average Bonchev–Trinajstić information content (AvgIpc) is 3.32. The van der Waals surface area contributed by atoms with Crippen molar-refractivity contribution in [1.82, 2.24) is 24.6 Å². The molecule has 2 aromatic carbocycles. The molecule has 0 bridgehead atoms. The second-order valence-electron chi connectivity index (χ2n) is 9.01. The molecule has 0 spiro atoms. The monoisotopic (exact) mass is 472 g/mol. The Balaban J connectivity index is 1.46. The molecule has 0 saturated carbocycles. The van der Waals surface area contributed by atoms with Gasteiger partial charge in [-0.2, -0.15) is 5.10 Å². The van der Waals surface area contributed by atoms with Crippen molar-refractivity contribution < 1.29 is 9.18 Å². The quantitative estimate of drug-likeness (QED) is 0.403. The number of nitrogens with zero attached hydrogens (tertiary/aromatic N) is 6. The highest BCUT2D eigenvalue weighted by molar-refractivity contribution is 5.94. The molecule has 8 heteroatoms. The van der Waals surface area contributed by atoms with E-state index in [1.165, 1.54) is 12.1 Å². The summed E-state index contributed by atoms with van der Waals surface area (Å²) in [4.78, 5) is 26.8. The van der Waals surface area contributed by atoms with E-state index in [1.54, 1.807) is 17.0 Å². The first-order chi connectivity index (χ1) is 17.0. The summed E-state index contributed by atoms with van der Waals surface area (Å²) in [6.45, 7) is 6.66. The Bertz CT molecular complexity index is 1330. The second kappa shape index (κ2) is 9.82. The number of carbonyl (C=O) groups excluding carboxylic acids is 1. The third-order valence-electron chi connectivity index (χ3n) is 6.53. The Kier molecular flexibility index (Phi) is 6.44. The predicted molar refractivity (Wildman–Crippen MR) is 134 cm³/mol. The van der Waals surface area contributed by atoms with Gasteiger partial charge in [0.2, 0.25) is 0 Å². The minimum Gasteiger partial charge on any atom is -0.352 e. The maximum atomic E-state index is 13.6. The van der Waals surface area contributed by atoms with Crippen LogP contribution in [-0.2, 0) is 0 Å². The fraction of sp³-hybridized carbons (Fsp3) is 0.333. The fourth-order valence-corrected chi connectivity index (χ4v) is 4.62. The van der Waals surface area contributed by atoms with Gasteiger partial charge < -0.3 is 9.80 Å². The minimum absolute atomic E-state index is 0.147. The van der Waals surface area contributed by atoms with Gasteiger partial charge in [-0.25, -0.2) is 19.0 Å². The molecule has 1 amide bonds. The summed E-state index contributed by atoms with van der Waals surface area (Å²) in [6.07, 6.45) is 3.88. The van der Waals surface area contributed by atoms with Gasteiger partial charge in [-0.1, -0.05) is 44.5 Å². The van der Waals surface area contributed by atoms with Gasteiger partial charge in [0.1, 0.15) is 17.5 Å². The van der Waals surface area contributed by atoms with Gasteiger partial charge in [-0.05, 0) is 36.8 Å². The number of anilines is 1. The van der Waals surface area contributed by atoms with Gasteiger partial charge in [0.05, 0.1) is 17.3 Å². The lowest BCUT2D eigenvalue weighted by Crippen LogP contribution is -2.49. The zero-order valence-corrected chi connectivity index (χ0v) is 20.1. The van der Waals surface area contributed by atoms with Gasteiger partial charge in [-0.15, -0.1) is 0 Å². The number of benzene rings is 2. The van der Waals surface area contributed by atoms with Crippen molar-refractivity contribution in [2.75, 3.05) is 31.1 Å². The van der Waals surface area contributed by atoms with Gasteiger partial charge in [-0.3, -0.25) is 4.79 Å². The van der Waals surface area contributed by atoms with Crippen LogP contribution < -0.4 is 4.90 Å². The first-order valence-electron chi connectivity index (χ1n) is 12.2. The summed E-state index contributed by atoms with van der Waals surface area (Å²) in [6, 6.07) is 15.9. The number of piperazine rings is 1. The molecule has 1 fully saturated rings. The predicted octanol–water partition coefficient (Wildman–Crippen LogP) is 4.82. The molecule has 2 aromatic heterocycles. The Morgan fingerprint density at radius 1 is 1.03 bits per heavy atom. The van der Waals surface area contributed by atoms with Crippen molar-refractivity contribution >= 4 is 22.8 Å². The molecule has 0 aliphatic carbocycles. The molecular weight excluding hydrogens is 443 g/mol. The van der Waals surface area contributed by atoms with E-state index in [1.807, 2.05) is 41.2 Å². The van der Waals surface area contributed by atoms with Crippen LogP contribution in [0.1, 0.15) is 48.8 Å². The van der Waals surface area contributed by atoms with Gasteiger partial charge in [0, 0.05) is 37.7 Å². The molecule has 1 saturated heterocycles. The smallest absolute Gasteiger partial charge is 0.254 e. The van der Waals surface area contributed by atoms with Crippen LogP contribution in [0.3, 0.4) is 0 Å². The zero-order chi connectivity index (χ0) is 24.4. The molecule has 1 aliphatic rings. The summed E-state index contributed by atoms with van der Waals surface area (Å²) in [5.74, 6) is 1.34. The van der Waals surface area contributed by atoms with Crippen molar-refractivity contribution in [2.24, 2.45) is 0 Å². The van der Waals surface area contributed by atoms with E-state index >= 15 is 0 Å². The maximum absolute atomic E-state index is 13.6. The van der Waals surface area contributed by atoms with Crippen molar-refractivity contribution in [1.29, 1.82) is 0 Å². The standard InChI is InChI=1S/C27H29FN6O/c1-3-8-19(2)24-30-25(23-18-29-34(26(23)31-24)22-11-5-4-6-12-22)32-13-15-33(16-14-32)27(35)20-9-7-10-21(28)17-20/h4-7,9-12,17-19H,3,8,13-16H2,1-2H3. The molecule has 35 heavy (non-hydrogen) atoms.